The minimum absolute atomic E-state index is 0.245. The number of nitrogens with two attached hydrogens (primary N) is 1. The molecule has 5 nitrogen and oxygen atoms in total. The third kappa shape index (κ3) is 4.44. The highest BCUT2D eigenvalue weighted by Crippen LogP contribution is 2.26. The van der Waals surface area contributed by atoms with E-state index >= 15 is 0 Å². The van der Waals surface area contributed by atoms with Crippen LogP contribution in [0, 0.1) is 5.92 Å². The molecular formula is C14H17BrN4OS. The van der Waals surface area contributed by atoms with Crippen LogP contribution in [0.3, 0.4) is 0 Å². The molecular weight excluding hydrogens is 352 g/mol. The van der Waals surface area contributed by atoms with Gasteiger partial charge in [0.2, 0.25) is 0 Å². The number of nitrogens with one attached hydrogen (secondary N) is 2. The number of hydrogen-bond donors (Lipinski definition) is 3. The third-order valence-electron chi connectivity index (χ3n) is 2.62. The normalized spacial score (nSPS) is 10.7. The van der Waals surface area contributed by atoms with Crippen LogP contribution >= 0.6 is 27.3 Å². The van der Waals surface area contributed by atoms with Gasteiger partial charge in [-0.3, -0.25) is 4.79 Å². The molecule has 2 rings (SSSR count). The van der Waals surface area contributed by atoms with Crippen molar-refractivity contribution in [1.82, 2.24) is 4.98 Å². The van der Waals surface area contributed by atoms with Gasteiger partial charge >= 0.3 is 0 Å². The predicted molar refractivity (Wildman–Crippen MR) is 91.9 cm³/mol. The van der Waals surface area contributed by atoms with Gasteiger partial charge in [0, 0.05) is 16.7 Å². The molecule has 0 aliphatic heterocycles. The molecule has 112 valence electrons. The van der Waals surface area contributed by atoms with Gasteiger partial charge in [-0.25, -0.2) is 4.98 Å². The first-order valence-electron chi connectivity index (χ1n) is 6.53. The van der Waals surface area contributed by atoms with Crippen molar-refractivity contribution in [3.8, 4) is 0 Å². The number of halogens is 1. The molecule has 7 heteroatoms. The number of anilines is 3. The second-order valence-corrected chi connectivity index (χ2v) is 6.88. The SMILES string of the molecule is CC(C)CNc1nc(N)c(C(=O)Nc2ccc(Br)cc2)s1. The molecule has 0 bridgehead atoms. The smallest absolute Gasteiger partial charge is 0.269 e. The number of aromatic nitrogens is 1. The fourth-order valence-electron chi connectivity index (χ4n) is 1.58. The summed E-state index contributed by atoms with van der Waals surface area (Å²) < 4.78 is 0.956. The summed E-state index contributed by atoms with van der Waals surface area (Å²) >= 11 is 4.61. The molecule has 0 fully saturated rings. The first-order chi connectivity index (χ1) is 9.95. The summed E-state index contributed by atoms with van der Waals surface area (Å²) in [5, 5.41) is 6.65. The zero-order chi connectivity index (χ0) is 15.4. The topological polar surface area (TPSA) is 80.0 Å². The molecule has 1 amide bonds. The van der Waals surface area contributed by atoms with Gasteiger partial charge in [0.05, 0.1) is 0 Å². The van der Waals surface area contributed by atoms with Crippen LogP contribution in [0.1, 0.15) is 23.5 Å². The number of carbonyl (C=O) groups excluding carboxylic acids is 1. The van der Waals surface area contributed by atoms with E-state index in [1.54, 1.807) is 0 Å². The highest BCUT2D eigenvalue weighted by molar-refractivity contribution is 9.10. The Kier molecular flexibility index (Phi) is 5.19. The van der Waals surface area contributed by atoms with Crippen molar-refractivity contribution in [3.05, 3.63) is 33.6 Å². The zero-order valence-electron chi connectivity index (χ0n) is 11.8. The lowest BCUT2D eigenvalue weighted by molar-refractivity contribution is 0.103. The fourth-order valence-corrected chi connectivity index (χ4v) is 2.63. The van der Waals surface area contributed by atoms with Gasteiger partial charge in [0.25, 0.3) is 5.91 Å². The van der Waals surface area contributed by atoms with Gasteiger partial charge in [0.1, 0.15) is 10.7 Å². The molecule has 0 saturated heterocycles. The van der Waals surface area contributed by atoms with Gasteiger partial charge in [0.15, 0.2) is 5.13 Å². The highest BCUT2D eigenvalue weighted by atomic mass is 79.9. The summed E-state index contributed by atoms with van der Waals surface area (Å²) in [5.41, 5.74) is 6.53. The Hall–Kier alpha value is -1.60. The van der Waals surface area contributed by atoms with Crippen molar-refractivity contribution in [2.75, 3.05) is 22.9 Å². The summed E-state index contributed by atoms with van der Waals surface area (Å²) in [5.74, 6) is 0.501. The van der Waals surface area contributed by atoms with E-state index in [0.29, 0.717) is 21.6 Å². The molecule has 1 aromatic heterocycles. The molecule has 1 aromatic carbocycles. The van der Waals surface area contributed by atoms with Crippen molar-refractivity contribution in [3.63, 3.8) is 0 Å². The lowest BCUT2D eigenvalue weighted by atomic mass is 10.2. The van der Waals surface area contributed by atoms with Crippen LogP contribution in [0.5, 0.6) is 0 Å². The summed E-state index contributed by atoms with van der Waals surface area (Å²) in [6.07, 6.45) is 0. The van der Waals surface area contributed by atoms with E-state index in [1.165, 1.54) is 11.3 Å². The highest BCUT2D eigenvalue weighted by Gasteiger charge is 2.16. The number of hydrogen-bond acceptors (Lipinski definition) is 5. The lowest BCUT2D eigenvalue weighted by Crippen LogP contribution is -2.12. The minimum Gasteiger partial charge on any atom is -0.382 e. The standard InChI is InChI=1S/C14H17BrN4OS/c1-8(2)7-17-14-19-12(16)11(21-14)13(20)18-10-5-3-9(15)4-6-10/h3-6,8H,7,16H2,1-2H3,(H,17,19)(H,18,20). The second kappa shape index (κ2) is 6.91. The number of carbonyl (C=O) groups is 1. The minimum atomic E-state index is -0.245. The average molecular weight is 369 g/mol. The van der Waals surface area contributed by atoms with Crippen LogP contribution in [0.4, 0.5) is 16.6 Å². The summed E-state index contributed by atoms with van der Waals surface area (Å²) in [4.78, 5) is 16.8. The summed E-state index contributed by atoms with van der Waals surface area (Å²) in [6, 6.07) is 7.36. The van der Waals surface area contributed by atoms with Gasteiger partial charge in [-0.1, -0.05) is 41.1 Å². The molecule has 0 radical (unpaired) electrons. The number of thiazole rings is 1. The van der Waals surface area contributed by atoms with Crippen LogP contribution in [0.15, 0.2) is 28.7 Å². The van der Waals surface area contributed by atoms with E-state index in [0.717, 1.165) is 11.0 Å². The fraction of sp³-hybridized carbons (Fsp3) is 0.286. The van der Waals surface area contributed by atoms with Gasteiger partial charge < -0.3 is 16.4 Å². The number of benzene rings is 1. The molecule has 0 atom stereocenters. The van der Waals surface area contributed by atoms with Crippen molar-refractivity contribution in [1.29, 1.82) is 0 Å². The zero-order valence-corrected chi connectivity index (χ0v) is 14.2. The molecule has 0 spiro atoms. The van der Waals surface area contributed by atoms with Crippen LogP contribution < -0.4 is 16.4 Å². The van der Waals surface area contributed by atoms with Crippen molar-refractivity contribution < 1.29 is 4.79 Å². The summed E-state index contributed by atoms with van der Waals surface area (Å²) in [6.45, 7) is 5.00. The Bertz CT molecular complexity index is 624. The molecule has 0 unspecified atom stereocenters. The predicted octanol–water partition coefficient (Wildman–Crippen LogP) is 3.81. The monoisotopic (exact) mass is 368 g/mol. The molecule has 2 aromatic rings. The van der Waals surface area contributed by atoms with Gasteiger partial charge in [-0.2, -0.15) is 0 Å². The summed E-state index contributed by atoms with van der Waals surface area (Å²) in [7, 11) is 0. The Morgan fingerprint density at radius 3 is 2.67 bits per heavy atom. The van der Waals surface area contributed by atoms with E-state index < -0.39 is 0 Å². The molecule has 0 aliphatic carbocycles. The maximum Gasteiger partial charge on any atom is 0.269 e. The molecule has 4 N–H and O–H groups in total. The third-order valence-corrected chi connectivity index (χ3v) is 4.18. The van der Waals surface area contributed by atoms with E-state index in [2.05, 4.69) is 45.4 Å². The first kappa shape index (κ1) is 15.8. The van der Waals surface area contributed by atoms with E-state index in [-0.39, 0.29) is 11.7 Å². The number of nitrogen functional groups attached to an aromatic ring is 1. The number of amides is 1. The lowest BCUT2D eigenvalue weighted by Gasteiger charge is -2.04. The van der Waals surface area contributed by atoms with Crippen molar-refractivity contribution in [2.45, 2.75) is 13.8 Å². The van der Waals surface area contributed by atoms with Crippen LogP contribution in [0.25, 0.3) is 0 Å². The molecule has 21 heavy (non-hydrogen) atoms. The van der Waals surface area contributed by atoms with E-state index in [4.69, 9.17) is 5.73 Å². The van der Waals surface area contributed by atoms with Crippen molar-refractivity contribution >= 4 is 49.8 Å². The van der Waals surface area contributed by atoms with Crippen LogP contribution in [0.2, 0.25) is 0 Å². The molecule has 0 aliphatic rings. The van der Waals surface area contributed by atoms with Gasteiger partial charge in [-0.15, -0.1) is 0 Å². The number of rotatable bonds is 5. The van der Waals surface area contributed by atoms with E-state index in [9.17, 15) is 4.79 Å². The molecule has 1 heterocycles. The van der Waals surface area contributed by atoms with Crippen LogP contribution in [-0.2, 0) is 0 Å². The van der Waals surface area contributed by atoms with E-state index in [1.807, 2.05) is 24.3 Å². The Morgan fingerprint density at radius 1 is 1.38 bits per heavy atom. The quantitative estimate of drug-likeness (QED) is 0.749. The maximum absolute atomic E-state index is 12.2. The largest absolute Gasteiger partial charge is 0.382 e. The Balaban J connectivity index is 2.06. The first-order valence-corrected chi connectivity index (χ1v) is 8.13. The Morgan fingerprint density at radius 2 is 2.05 bits per heavy atom. The average Bonchev–Trinajstić information content (AvgIpc) is 2.80. The van der Waals surface area contributed by atoms with Gasteiger partial charge in [-0.05, 0) is 30.2 Å². The molecule has 0 saturated carbocycles. The van der Waals surface area contributed by atoms with Crippen LogP contribution in [-0.4, -0.2) is 17.4 Å². The number of nitrogens with zero attached hydrogens (tertiary/aromatic N) is 1. The van der Waals surface area contributed by atoms with Crippen molar-refractivity contribution in [2.24, 2.45) is 5.92 Å². The maximum atomic E-state index is 12.2. The second-order valence-electron chi connectivity index (χ2n) is 4.97. The Labute approximate surface area is 136 Å².